The van der Waals surface area contributed by atoms with E-state index in [1.807, 2.05) is 97.1 Å². The Morgan fingerprint density at radius 3 is 1.65 bits per heavy atom. The van der Waals surface area contributed by atoms with Gasteiger partial charge in [0.15, 0.2) is 0 Å². The zero-order chi connectivity index (χ0) is 27.9. The second kappa shape index (κ2) is 12.3. The van der Waals surface area contributed by atoms with Crippen LogP contribution in [-0.4, -0.2) is 36.6 Å². The van der Waals surface area contributed by atoms with Crippen molar-refractivity contribution in [1.29, 1.82) is 0 Å². The van der Waals surface area contributed by atoms with E-state index in [1.54, 1.807) is 0 Å². The van der Waals surface area contributed by atoms with Crippen molar-refractivity contribution >= 4 is 17.9 Å². The van der Waals surface area contributed by atoms with E-state index in [9.17, 15) is 14.4 Å². The van der Waals surface area contributed by atoms with Crippen molar-refractivity contribution in [1.82, 2.24) is 10.6 Å². The van der Waals surface area contributed by atoms with Crippen LogP contribution < -0.4 is 16.4 Å². The lowest BCUT2D eigenvalue weighted by atomic mass is 9.98. The van der Waals surface area contributed by atoms with Gasteiger partial charge < -0.3 is 21.1 Å². The Kier molecular flexibility index (Phi) is 8.21. The first-order valence-corrected chi connectivity index (χ1v) is 13.3. The number of amides is 3. The van der Waals surface area contributed by atoms with Crippen molar-refractivity contribution in [2.75, 3.05) is 6.61 Å². The standard InChI is InChI=1S/C33H31N3O4/c34-31(37)29(19-22-11-3-1-4-12-22)35-32(38)30(20-23-13-5-2-6-14-23)36-33(39)40-21-28-26-17-9-7-15-24(26)25-16-8-10-18-27(25)28/h1-18,28-30H,19-21H2,(H2,34,37)(H,35,38)(H,36,39)/t29-,30-/m1/s1. The molecule has 5 rings (SSSR count). The number of fused-ring (bicyclic) bond motifs is 3. The molecule has 0 bridgehead atoms. The minimum atomic E-state index is -0.976. The molecule has 0 saturated heterocycles. The summed E-state index contributed by atoms with van der Waals surface area (Å²) in [5.74, 6) is -1.28. The highest BCUT2D eigenvalue weighted by Gasteiger charge is 2.30. The van der Waals surface area contributed by atoms with Gasteiger partial charge in [-0.05, 0) is 33.4 Å². The van der Waals surface area contributed by atoms with Crippen LogP contribution in [0.4, 0.5) is 4.79 Å². The molecule has 4 aromatic rings. The van der Waals surface area contributed by atoms with Crippen LogP contribution in [0.5, 0.6) is 0 Å². The molecular weight excluding hydrogens is 502 g/mol. The molecule has 40 heavy (non-hydrogen) atoms. The predicted octanol–water partition coefficient (Wildman–Crippen LogP) is 4.35. The number of ether oxygens (including phenoxy) is 1. The van der Waals surface area contributed by atoms with E-state index in [2.05, 4.69) is 22.8 Å². The molecule has 0 saturated carbocycles. The Labute approximate surface area is 233 Å². The van der Waals surface area contributed by atoms with Gasteiger partial charge in [-0.3, -0.25) is 9.59 Å². The van der Waals surface area contributed by atoms with Gasteiger partial charge in [0.05, 0.1) is 0 Å². The molecule has 7 heteroatoms. The summed E-state index contributed by atoms with van der Waals surface area (Å²) in [6.07, 6.45) is -0.255. The second-order valence-corrected chi connectivity index (χ2v) is 9.87. The number of hydrogen-bond acceptors (Lipinski definition) is 4. The summed E-state index contributed by atoms with van der Waals surface area (Å²) >= 11 is 0. The maximum absolute atomic E-state index is 13.4. The highest BCUT2D eigenvalue weighted by atomic mass is 16.5. The molecule has 0 radical (unpaired) electrons. The number of carbonyl (C=O) groups is 3. The summed E-state index contributed by atoms with van der Waals surface area (Å²) in [5.41, 5.74) is 11.8. The number of hydrogen-bond donors (Lipinski definition) is 3. The third-order valence-electron chi connectivity index (χ3n) is 7.18. The zero-order valence-corrected chi connectivity index (χ0v) is 22.0. The molecule has 0 aromatic heterocycles. The fourth-order valence-corrected chi connectivity index (χ4v) is 5.19. The quantitative estimate of drug-likeness (QED) is 0.282. The fraction of sp³-hybridized carbons (Fsp3) is 0.182. The van der Waals surface area contributed by atoms with Crippen molar-refractivity contribution in [2.45, 2.75) is 30.8 Å². The average molecular weight is 534 g/mol. The molecule has 0 fully saturated rings. The van der Waals surface area contributed by atoms with Gasteiger partial charge in [0.25, 0.3) is 0 Å². The highest BCUT2D eigenvalue weighted by molar-refractivity contribution is 5.91. The molecule has 0 unspecified atom stereocenters. The van der Waals surface area contributed by atoms with Crippen molar-refractivity contribution in [3.8, 4) is 11.1 Å². The molecule has 0 aliphatic heterocycles. The van der Waals surface area contributed by atoms with Gasteiger partial charge in [-0.25, -0.2) is 4.79 Å². The highest BCUT2D eigenvalue weighted by Crippen LogP contribution is 2.44. The summed E-state index contributed by atoms with van der Waals surface area (Å²) in [6.45, 7) is 0.122. The lowest BCUT2D eigenvalue weighted by Gasteiger charge is -2.22. The summed E-state index contributed by atoms with van der Waals surface area (Å²) in [7, 11) is 0. The minimum absolute atomic E-state index is 0.107. The average Bonchev–Trinajstić information content (AvgIpc) is 3.30. The largest absolute Gasteiger partial charge is 0.449 e. The van der Waals surface area contributed by atoms with Gasteiger partial charge in [-0.15, -0.1) is 0 Å². The first kappa shape index (κ1) is 26.7. The van der Waals surface area contributed by atoms with E-state index in [0.717, 1.165) is 33.4 Å². The third kappa shape index (κ3) is 6.21. The summed E-state index contributed by atoms with van der Waals surface area (Å²) < 4.78 is 5.68. The van der Waals surface area contributed by atoms with Crippen molar-refractivity contribution in [3.05, 3.63) is 131 Å². The maximum Gasteiger partial charge on any atom is 0.407 e. The van der Waals surface area contributed by atoms with Crippen LogP contribution in [0.15, 0.2) is 109 Å². The van der Waals surface area contributed by atoms with Gasteiger partial charge in [0.2, 0.25) is 11.8 Å². The molecule has 7 nitrogen and oxygen atoms in total. The normalized spacial score (nSPS) is 13.4. The Hall–Kier alpha value is -4.91. The number of nitrogens with one attached hydrogen (secondary N) is 2. The third-order valence-corrected chi connectivity index (χ3v) is 7.18. The molecular formula is C33H31N3O4. The molecule has 4 N–H and O–H groups in total. The van der Waals surface area contributed by atoms with Gasteiger partial charge >= 0.3 is 6.09 Å². The predicted molar refractivity (Wildman–Crippen MR) is 153 cm³/mol. The number of rotatable bonds is 10. The molecule has 1 aliphatic rings. The number of benzene rings is 4. The van der Waals surface area contributed by atoms with E-state index in [-0.39, 0.29) is 25.4 Å². The summed E-state index contributed by atoms with van der Waals surface area (Å²) in [5, 5.41) is 5.45. The molecule has 2 atom stereocenters. The van der Waals surface area contributed by atoms with Crippen LogP contribution >= 0.6 is 0 Å². The monoisotopic (exact) mass is 533 g/mol. The van der Waals surface area contributed by atoms with E-state index < -0.39 is 30.0 Å². The molecule has 202 valence electrons. The maximum atomic E-state index is 13.4. The summed E-state index contributed by atoms with van der Waals surface area (Å²) in [6, 6.07) is 32.9. The van der Waals surface area contributed by atoms with E-state index in [4.69, 9.17) is 10.5 Å². The lowest BCUT2D eigenvalue weighted by molar-refractivity contribution is -0.128. The fourth-order valence-electron chi connectivity index (χ4n) is 5.19. The minimum Gasteiger partial charge on any atom is -0.449 e. The zero-order valence-electron chi connectivity index (χ0n) is 22.0. The smallest absolute Gasteiger partial charge is 0.407 e. The molecule has 0 spiro atoms. The van der Waals surface area contributed by atoms with E-state index >= 15 is 0 Å². The van der Waals surface area contributed by atoms with Crippen molar-refractivity contribution < 1.29 is 19.1 Å². The van der Waals surface area contributed by atoms with Gasteiger partial charge in [0, 0.05) is 18.8 Å². The molecule has 1 aliphatic carbocycles. The Morgan fingerprint density at radius 2 is 1.12 bits per heavy atom. The van der Waals surface area contributed by atoms with Gasteiger partial charge in [-0.2, -0.15) is 0 Å². The van der Waals surface area contributed by atoms with Gasteiger partial charge in [-0.1, -0.05) is 109 Å². The Balaban J connectivity index is 1.28. The number of carbonyl (C=O) groups excluding carboxylic acids is 3. The van der Waals surface area contributed by atoms with Crippen LogP contribution in [0, 0.1) is 0 Å². The first-order chi connectivity index (χ1) is 19.5. The van der Waals surface area contributed by atoms with E-state index in [1.165, 1.54) is 0 Å². The SMILES string of the molecule is NC(=O)[C@@H](Cc1ccccc1)NC(=O)[C@@H](Cc1ccccc1)NC(=O)OCC1c2ccccc2-c2ccccc21. The molecule has 4 aromatic carbocycles. The lowest BCUT2D eigenvalue weighted by Crippen LogP contribution is -2.54. The van der Waals surface area contributed by atoms with Crippen LogP contribution in [0.1, 0.15) is 28.2 Å². The molecule has 3 amide bonds. The van der Waals surface area contributed by atoms with Crippen LogP contribution in [0.3, 0.4) is 0 Å². The van der Waals surface area contributed by atoms with Crippen LogP contribution in [0.2, 0.25) is 0 Å². The number of alkyl carbamates (subject to hydrolysis) is 1. The van der Waals surface area contributed by atoms with Gasteiger partial charge in [0.1, 0.15) is 18.7 Å². The molecule has 0 heterocycles. The Bertz CT molecular complexity index is 1440. The Morgan fingerprint density at radius 1 is 0.650 bits per heavy atom. The second-order valence-electron chi connectivity index (χ2n) is 9.87. The van der Waals surface area contributed by atoms with Crippen LogP contribution in [0.25, 0.3) is 11.1 Å². The van der Waals surface area contributed by atoms with Crippen LogP contribution in [-0.2, 0) is 27.2 Å². The van der Waals surface area contributed by atoms with E-state index in [0.29, 0.717) is 0 Å². The van der Waals surface area contributed by atoms with Crippen molar-refractivity contribution in [3.63, 3.8) is 0 Å². The summed E-state index contributed by atoms with van der Waals surface area (Å²) in [4.78, 5) is 38.6. The van der Waals surface area contributed by atoms with Crippen molar-refractivity contribution in [2.24, 2.45) is 5.73 Å². The number of primary amides is 1. The topological polar surface area (TPSA) is 111 Å². The number of nitrogens with two attached hydrogens (primary N) is 1. The first-order valence-electron chi connectivity index (χ1n) is 13.3.